The number of amides is 2. The summed E-state index contributed by atoms with van der Waals surface area (Å²) in [6, 6.07) is 6.09. The van der Waals surface area contributed by atoms with E-state index in [1.54, 1.807) is 12.1 Å². The van der Waals surface area contributed by atoms with Crippen LogP contribution in [0.2, 0.25) is 0 Å². The van der Waals surface area contributed by atoms with E-state index in [2.05, 4.69) is 20.4 Å². The number of nitrogens with zero attached hydrogens (tertiary/aromatic N) is 5. The Kier molecular flexibility index (Phi) is 4.03. The lowest BCUT2D eigenvalue weighted by Crippen LogP contribution is -2.52. The van der Waals surface area contributed by atoms with E-state index in [4.69, 9.17) is 4.42 Å². The van der Waals surface area contributed by atoms with Gasteiger partial charge in [-0.15, -0.1) is 10.2 Å². The van der Waals surface area contributed by atoms with Crippen molar-refractivity contribution in [2.75, 3.05) is 26.2 Å². The highest BCUT2D eigenvalue weighted by atomic mass is 16.6. The molecule has 0 unspecified atom stereocenters. The Bertz CT molecular complexity index is 836. The van der Waals surface area contributed by atoms with Gasteiger partial charge < -0.3 is 14.6 Å². The number of rotatable bonds is 4. The maximum absolute atomic E-state index is 11.7. The van der Waals surface area contributed by atoms with E-state index in [-0.39, 0.29) is 23.8 Å². The van der Waals surface area contributed by atoms with Crippen LogP contribution in [0.5, 0.6) is 0 Å². The minimum absolute atomic E-state index is 0.000510. The van der Waals surface area contributed by atoms with Crippen molar-refractivity contribution in [3.8, 4) is 11.5 Å². The lowest BCUT2D eigenvalue weighted by molar-refractivity contribution is -0.384. The maximum atomic E-state index is 11.7. The number of nitrogens with one attached hydrogen (secondary N) is 1. The molecule has 1 aromatic carbocycles. The standard InChI is InChI=1S/C16H18N6O4/c1-10(20-6-7-21-13(9-20)8-17-16(21)23)14-18-19-15(26-14)11-2-4-12(5-3-11)22(24)25/h2-5,10,13H,6-9H2,1H3,(H,17,23)/t10-,13+/m0/s1. The zero-order valence-corrected chi connectivity index (χ0v) is 14.2. The monoisotopic (exact) mass is 358 g/mol. The van der Waals surface area contributed by atoms with Crippen LogP contribution in [0.4, 0.5) is 10.5 Å². The van der Waals surface area contributed by atoms with Crippen molar-refractivity contribution in [1.82, 2.24) is 25.3 Å². The number of urea groups is 1. The predicted octanol–water partition coefficient (Wildman–Crippen LogP) is 1.42. The smallest absolute Gasteiger partial charge is 0.317 e. The molecule has 0 aliphatic carbocycles. The highest BCUT2D eigenvalue weighted by molar-refractivity contribution is 5.77. The summed E-state index contributed by atoms with van der Waals surface area (Å²) < 4.78 is 5.79. The van der Waals surface area contributed by atoms with Crippen LogP contribution < -0.4 is 5.32 Å². The van der Waals surface area contributed by atoms with Gasteiger partial charge in [-0.3, -0.25) is 15.0 Å². The van der Waals surface area contributed by atoms with E-state index in [1.807, 2.05) is 11.8 Å². The number of hydrogen-bond donors (Lipinski definition) is 1. The molecular formula is C16H18N6O4. The first-order valence-electron chi connectivity index (χ1n) is 8.39. The third-order valence-corrected chi connectivity index (χ3v) is 4.93. The molecule has 4 rings (SSSR count). The molecule has 0 radical (unpaired) electrons. The second-order valence-corrected chi connectivity index (χ2v) is 6.45. The number of benzene rings is 1. The molecule has 10 heteroatoms. The first-order valence-corrected chi connectivity index (χ1v) is 8.39. The van der Waals surface area contributed by atoms with Crippen LogP contribution in [-0.2, 0) is 0 Å². The van der Waals surface area contributed by atoms with E-state index < -0.39 is 4.92 Å². The lowest BCUT2D eigenvalue weighted by atomic mass is 10.1. The second-order valence-electron chi connectivity index (χ2n) is 6.45. The molecule has 2 aromatic rings. The van der Waals surface area contributed by atoms with E-state index in [9.17, 15) is 14.9 Å². The molecular weight excluding hydrogens is 340 g/mol. The SMILES string of the molecule is C[C@@H](c1nnc(-c2ccc([N+](=O)[O-])cc2)o1)N1CCN2C(=O)NC[C@@H]2C1. The summed E-state index contributed by atoms with van der Waals surface area (Å²) in [4.78, 5) is 26.1. The summed E-state index contributed by atoms with van der Waals surface area (Å²) in [5.74, 6) is 0.821. The summed E-state index contributed by atoms with van der Waals surface area (Å²) in [5.41, 5.74) is 0.649. The molecule has 2 aliphatic rings. The number of fused-ring (bicyclic) bond motifs is 1. The Balaban J connectivity index is 1.47. The van der Waals surface area contributed by atoms with Gasteiger partial charge in [0.2, 0.25) is 11.8 Å². The fourth-order valence-electron chi connectivity index (χ4n) is 3.38. The van der Waals surface area contributed by atoms with Crippen LogP contribution in [0.25, 0.3) is 11.5 Å². The summed E-state index contributed by atoms with van der Waals surface area (Å²) in [7, 11) is 0. The Morgan fingerprint density at radius 1 is 1.31 bits per heavy atom. The molecule has 2 saturated heterocycles. The third kappa shape index (κ3) is 2.88. The lowest BCUT2D eigenvalue weighted by Gasteiger charge is -2.38. The van der Waals surface area contributed by atoms with E-state index in [1.165, 1.54) is 12.1 Å². The topological polar surface area (TPSA) is 118 Å². The van der Waals surface area contributed by atoms with Crippen LogP contribution in [0.3, 0.4) is 0 Å². The number of nitro benzene ring substituents is 1. The second kappa shape index (κ2) is 6.37. The summed E-state index contributed by atoms with van der Waals surface area (Å²) >= 11 is 0. The number of nitro groups is 1. The summed E-state index contributed by atoms with van der Waals surface area (Å²) in [6.45, 7) is 4.80. The van der Waals surface area contributed by atoms with Crippen molar-refractivity contribution < 1.29 is 14.1 Å². The molecule has 2 fully saturated rings. The molecule has 1 N–H and O–H groups in total. The molecule has 10 nitrogen and oxygen atoms in total. The van der Waals surface area contributed by atoms with E-state index in [0.29, 0.717) is 30.4 Å². The fourth-order valence-corrected chi connectivity index (χ4v) is 3.38. The Morgan fingerprint density at radius 2 is 2.08 bits per heavy atom. The fraction of sp³-hybridized carbons (Fsp3) is 0.438. The molecule has 2 atom stereocenters. The Labute approximate surface area is 148 Å². The molecule has 1 aromatic heterocycles. The highest BCUT2D eigenvalue weighted by Gasteiger charge is 2.37. The molecule has 3 heterocycles. The van der Waals surface area contributed by atoms with Crippen LogP contribution in [0.1, 0.15) is 18.9 Å². The van der Waals surface area contributed by atoms with Gasteiger partial charge in [-0.05, 0) is 19.1 Å². The van der Waals surface area contributed by atoms with Gasteiger partial charge in [0.1, 0.15) is 0 Å². The quantitative estimate of drug-likeness (QED) is 0.648. The average molecular weight is 358 g/mol. The van der Waals surface area contributed by atoms with Crippen molar-refractivity contribution in [2.45, 2.75) is 19.0 Å². The van der Waals surface area contributed by atoms with Crippen molar-refractivity contribution in [3.05, 3.63) is 40.3 Å². The minimum atomic E-state index is -0.451. The Hall–Kier alpha value is -3.01. The molecule has 0 spiro atoms. The zero-order valence-electron chi connectivity index (χ0n) is 14.2. The molecule has 2 aliphatic heterocycles. The maximum Gasteiger partial charge on any atom is 0.317 e. The van der Waals surface area contributed by atoms with Crippen LogP contribution in [-0.4, -0.2) is 63.2 Å². The van der Waals surface area contributed by atoms with Crippen LogP contribution >= 0.6 is 0 Å². The molecule has 136 valence electrons. The van der Waals surface area contributed by atoms with Gasteiger partial charge in [0.15, 0.2) is 0 Å². The predicted molar refractivity (Wildman–Crippen MR) is 90.3 cm³/mol. The third-order valence-electron chi connectivity index (χ3n) is 4.93. The number of non-ortho nitro benzene ring substituents is 1. The van der Waals surface area contributed by atoms with E-state index in [0.717, 1.165) is 13.1 Å². The number of hydrogen-bond acceptors (Lipinski definition) is 7. The van der Waals surface area contributed by atoms with Crippen molar-refractivity contribution >= 4 is 11.7 Å². The molecule has 0 bridgehead atoms. The molecule has 0 saturated carbocycles. The van der Waals surface area contributed by atoms with Gasteiger partial charge in [0, 0.05) is 43.9 Å². The number of piperazine rings is 1. The number of carbonyl (C=O) groups excluding carboxylic acids is 1. The number of carbonyl (C=O) groups is 1. The van der Waals surface area contributed by atoms with Gasteiger partial charge in [-0.1, -0.05) is 0 Å². The normalized spacial score (nSPS) is 21.3. The van der Waals surface area contributed by atoms with Crippen molar-refractivity contribution in [1.29, 1.82) is 0 Å². The van der Waals surface area contributed by atoms with Crippen molar-refractivity contribution in [3.63, 3.8) is 0 Å². The average Bonchev–Trinajstić information content (AvgIpc) is 3.28. The highest BCUT2D eigenvalue weighted by Crippen LogP contribution is 2.27. The van der Waals surface area contributed by atoms with E-state index >= 15 is 0 Å². The first-order chi connectivity index (χ1) is 12.5. The number of aromatic nitrogens is 2. The van der Waals surface area contributed by atoms with Crippen molar-refractivity contribution in [2.24, 2.45) is 0 Å². The van der Waals surface area contributed by atoms with Gasteiger partial charge in [0.25, 0.3) is 5.69 Å². The zero-order chi connectivity index (χ0) is 18.3. The van der Waals surface area contributed by atoms with Gasteiger partial charge in [-0.25, -0.2) is 4.79 Å². The Morgan fingerprint density at radius 3 is 2.81 bits per heavy atom. The molecule has 26 heavy (non-hydrogen) atoms. The van der Waals surface area contributed by atoms with Gasteiger partial charge in [0.05, 0.1) is 17.0 Å². The van der Waals surface area contributed by atoms with Gasteiger partial charge >= 0.3 is 6.03 Å². The molecule has 2 amide bonds. The van der Waals surface area contributed by atoms with Crippen LogP contribution in [0, 0.1) is 10.1 Å². The van der Waals surface area contributed by atoms with Crippen LogP contribution in [0.15, 0.2) is 28.7 Å². The minimum Gasteiger partial charge on any atom is -0.419 e. The van der Waals surface area contributed by atoms with Gasteiger partial charge in [-0.2, -0.15) is 0 Å². The largest absolute Gasteiger partial charge is 0.419 e. The summed E-state index contributed by atoms with van der Waals surface area (Å²) in [6.07, 6.45) is 0. The summed E-state index contributed by atoms with van der Waals surface area (Å²) in [5, 5.41) is 21.8. The first kappa shape index (κ1) is 16.5.